The first-order chi connectivity index (χ1) is 12.6. The molecule has 0 bridgehead atoms. The van der Waals surface area contributed by atoms with Gasteiger partial charge in [0.05, 0.1) is 14.2 Å². The van der Waals surface area contributed by atoms with Gasteiger partial charge in [0.2, 0.25) is 0 Å². The van der Waals surface area contributed by atoms with Crippen LogP contribution in [0.3, 0.4) is 0 Å². The van der Waals surface area contributed by atoms with Crippen LogP contribution in [0.1, 0.15) is 5.56 Å². The van der Waals surface area contributed by atoms with E-state index < -0.39 is 12.0 Å². The largest absolute Gasteiger partial charge is 0.493 e. The van der Waals surface area contributed by atoms with Crippen molar-refractivity contribution in [1.82, 2.24) is 0 Å². The van der Waals surface area contributed by atoms with E-state index in [1.807, 2.05) is 60.7 Å². The van der Waals surface area contributed by atoms with Gasteiger partial charge in [-0.1, -0.05) is 42.5 Å². The first-order valence-corrected chi connectivity index (χ1v) is 8.28. The average molecular weight is 388 g/mol. The number of methoxy groups -OCH3 is 2. The van der Waals surface area contributed by atoms with Gasteiger partial charge in [-0.3, -0.25) is 4.79 Å². The molecule has 142 valence electrons. The summed E-state index contributed by atoms with van der Waals surface area (Å²) in [5.41, 5.74) is 6.74. The maximum absolute atomic E-state index is 11.5. The van der Waals surface area contributed by atoms with Crippen LogP contribution >= 0.6 is 12.4 Å². The Kier molecular flexibility index (Phi) is 7.05. The lowest BCUT2D eigenvalue weighted by Crippen LogP contribution is -2.33. The lowest BCUT2D eigenvalue weighted by atomic mass is 10.1. The van der Waals surface area contributed by atoms with Gasteiger partial charge in [0.25, 0.3) is 0 Å². The highest BCUT2D eigenvalue weighted by Gasteiger charge is 2.15. The molecule has 0 amide bonds. The summed E-state index contributed by atoms with van der Waals surface area (Å²) in [4.78, 5) is 11.5. The standard InChI is InChI=1S/C21H21NO4.ClH/c1-24-19-11-10-15-7-3-4-9-17(15)20(19)26-16-8-5-6-14(12-16)13-18(22)21(23)25-2;/h3-12,18H,13,22H2,1-2H3;1H. The van der Waals surface area contributed by atoms with Crippen molar-refractivity contribution in [1.29, 1.82) is 0 Å². The monoisotopic (exact) mass is 387 g/mol. The van der Waals surface area contributed by atoms with Crippen LogP contribution in [0.4, 0.5) is 0 Å². The zero-order valence-corrected chi connectivity index (χ0v) is 16.0. The maximum atomic E-state index is 11.5. The highest BCUT2D eigenvalue weighted by atomic mass is 35.5. The molecule has 0 aliphatic carbocycles. The molecular formula is C21H22ClNO4. The van der Waals surface area contributed by atoms with Crippen molar-refractivity contribution in [3.05, 3.63) is 66.2 Å². The van der Waals surface area contributed by atoms with Crippen LogP contribution in [-0.2, 0) is 16.0 Å². The molecule has 1 unspecified atom stereocenters. The maximum Gasteiger partial charge on any atom is 0.322 e. The highest BCUT2D eigenvalue weighted by Crippen LogP contribution is 2.38. The van der Waals surface area contributed by atoms with Gasteiger partial charge >= 0.3 is 5.97 Å². The van der Waals surface area contributed by atoms with Crippen LogP contribution in [0.5, 0.6) is 17.2 Å². The smallest absolute Gasteiger partial charge is 0.322 e. The lowest BCUT2D eigenvalue weighted by molar-refractivity contribution is -0.142. The van der Waals surface area contributed by atoms with Crippen molar-refractivity contribution < 1.29 is 19.0 Å². The zero-order valence-electron chi connectivity index (χ0n) is 15.2. The molecule has 0 radical (unpaired) electrons. The number of nitrogens with two attached hydrogens (primary N) is 1. The second kappa shape index (κ2) is 9.26. The molecule has 0 aliphatic heterocycles. The molecule has 5 nitrogen and oxygen atoms in total. The van der Waals surface area contributed by atoms with Crippen LogP contribution in [-0.4, -0.2) is 26.2 Å². The SMILES string of the molecule is COC(=O)C(N)Cc1cccc(Oc2c(OC)ccc3ccccc23)c1.Cl. The quantitative estimate of drug-likeness (QED) is 0.644. The molecule has 2 N–H and O–H groups in total. The molecule has 0 spiro atoms. The first kappa shape index (κ1) is 20.6. The van der Waals surface area contributed by atoms with E-state index in [9.17, 15) is 4.79 Å². The summed E-state index contributed by atoms with van der Waals surface area (Å²) in [5.74, 6) is 1.52. The van der Waals surface area contributed by atoms with Crippen molar-refractivity contribution in [2.45, 2.75) is 12.5 Å². The molecule has 0 fully saturated rings. The van der Waals surface area contributed by atoms with E-state index >= 15 is 0 Å². The van der Waals surface area contributed by atoms with Gasteiger partial charge in [-0.25, -0.2) is 0 Å². The van der Waals surface area contributed by atoms with Crippen molar-refractivity contribution >= 4 is 29.1 Å². The van der Waals surface area contributed by atoms with Crippen molar-refractivity contribution in [2.75, 3.05) is 14.2 Å². The molecule has 6 heteroatoms. The predicted molar refractivity (Wildman–Crippen MR) is 108 cm³/mol. The van der Waals surface area contributed by atoms with Crippen molar-refractivity contribution in [3.63, 3.8) is 0 Å². The van der Waals surface area contributed by atoms with Gasteiger partial charge < -0.3 is 19.9 Å². The van der Waals surface area contributed by atoms with Gasteiger partial charge in [0, 0.05) is 5.39 Å². The van der Waals surface area contributed by atoms with Gasteiger partial charge in [-0.15, -0.1) is 12.4 Å². The molecule has 3 aromatic rings. The van der Waals surface area contributed by atoms with Crippen LogP contribution in [0.25, 0.3) is 10.8 Å². The van der Waals surface area contributed by atoms with Crippen LogP contribution in [0.15, 0.2) is 60.7 Å². The van der Waals surface area contributed by atoms with E-state index in [-0.39, 0.29) is 12.4 Å². The van der Waals surface area contributed by atoms with Crippen LogP contribution in [0.2, 0.25) is 0 Å². The third-order valence-corrected chi connectivity index (χ3v) is 4.14. The summed E-state index contributed by atoms with van der Waals surface area (Å²) >= 11 is 0. The summed E-state index contributed by atoms with van der Waals surface area (Å²) in [6.45, 7) is 0. The molecule has 3 aromatic carbocycles. The average Bonchev–Trinajstić information content (AvgIpc) is 2.68. The Balaban J connectivity index is 0.00000261. The molecule has 0 aromatic heterocycles. The lowest BCUT2D eigenvalue weighted by Gasteiger charge is -2.14. The Morgan fingerprint density at radius 1 is 1.04 bits per heavy atom. The van der Waals surface area contributed by atoms with E-state index in [1.54, 1.807) is 7.11 Å². The van der Waals surface area contributed by atoms with Gasteiger partial charge in [0.15, 0.2) is 11.5 Å². The van der Waals surface area contributed by atoms with Crippen LogP contribution < -0.4 is 15.2 Å². The van der Waals surface area contributed by atoms with Gasteiger partial charge in [-0.2, -0.15) is 0 Å². The summed E-state index contributed by atoms with van der Waals surface area (Å²) < 4.78 is 16.3. The summed E-state index contributed by atoms with van der Waals surface area (Å²) in [6.07, 6.45) is 0.372. The fourth-order valence-electron chi connectivity index (χ4n) is 2.83. The first-order valence-electron chi connectivity index (χ1n) is 8.28. The molecule has 0 saturated heterocycles. The van der Waals surface area contributed by atoms with Crippen molar-refractivity contribution in [2.24, 2.45) is 5.73 Å². The van der Waals surface area contributed by atoms with E-state index in [0.717, 1.165) is 16.3 Å². The number of carbonyl (C=O) groups excluding carboxylic acids is 1. The van der Waals surface area contributed by atoms with E-state index in [4.69, 9.17) is 15.2 Å². The number of benzene rings is 3. The van der Waals surface area contributed by atoms with Crippen LogP contribution in [0, 0.1) is 0 Å². The highest BCUT2D eigenvalue weighted by molar-refractivity contribution is 5.91. The van der Waals surface area contributed by atoms with E-state index in [1.165, 1.54) is 7.11 Å². The van der Waals surface area contributed by atoms with E-state index in [2.05, 4.69) is 4.74 Å². The molecular weight excluding hydrogens is 366 g/mol. The van der Waals surface area contributed by atoms with Crippen molar-refractivity contribution in [3.8, 4) is 17.2 Å². The van der Waals surface area contributed by atoms with E-state index in [0.29, 0.717) is 23.7 Å². The Labute approximate surface area is 164 Å². The third kappa shape index (κ3) is 4.70. The number of esters is 1. The Morgan fingerprint density at radius 3 is 2.56 bits per heavy atom. The Bertz CT molecular complexity index is 929. The third-order valence-electron chi connectivity index (χ3n) is 4.14. The molecule has 3 rings (SSSR count). The van der Waals surface area contributed by atoms with Gasteiger partial charge in [-0.05, 0) is 35.6 Å². The molecule has 0 saturated carbocycles. The van der Waals surface area contributed by atoms with Gasteiger partial charge in [0.1, 0.15) is 11.8 Å². The number of rotatable bonds is 6. The number of halogens is 1. The second-order valence-electron chi connectivity index (χ2n) is 5.90. The number of ether oxygens (including phenoxy) is 3. The predicted octanol–water partition coefficient (Wildman–Crippen LogP) is 4.11. The number of hydrogen-bond donors (Lipinski definition) is 1. The molecule has 0 aliphatic rings. The molecule has 27 heavy (non-hydrogen) atoms. The second-order valence-corrected chi connectivity index (χ2v) is 5.90. The number of fused-ring (bicyclic) bond motifs is 1. The topological polar surface area (TPSA) is 70.8 Å². The summed E-state index contributed by atoms with van der Waals surface area (Å²) in [5, 5.41) is 2.02. The summed E-state index contributed by atoms with van der Waals surface area (Å²) in [7, 11) is 2.94. The minimum Gasteiger partial charge on any atom is -0.493 e. The minimum absolute atomic E-state index is 0. The summed E-state index contributed by atoms with van der Waals surface area (Å²) in [6, 6.07) is 18.6. The zero-order chi connectivity index (χ0) is 18.5. The number of hydrogen-bond acceptors (Lipinski definition) is 5. The number of carbonyl (C=O) groups is 1. The normalized spacial score (nSPS) is 11.4. The molecule has 1 atom stereocenters. The Hall–Kier alpha value is -2.76. The minimum atomic E-state index is -0.706. The fraction of sp³-hybridized carbons (Fsp3) is 0.190. The Morgan fingerprint density at radius 2 is 1.81 bits per heavy atom. The molecule has 0 heterocycles. The fourth-order valence-corrected chi connectivity index (χ4v) is 2.83.